The van der Waals surface area contributed by atoms with E-state index in [0.29, 0.717) is 10.8 Å². The van der Waals surface area contributed by atoms with E-state index in [1.807, 2.05) is 12.1 Å². The van der Waals surface area contributed by atoms with E-state index in [2.05, 4.69) is 22.4 Å². The van der Waals surface area contributed by atoms with Crippen LogP contribution < -0.4 is 10.1 Å². The van der Waals surface area contributed by atoms with E-state index in [0.717, 1.165) is 28.7 Å². The normalized spacial score (nSPS) is 10.6. The predicted molar refractivity (Wildman–Crippen MR) is 74.3 cm³/mol. The van der Waals surface area contributed by atoms with E-state index in [-0.39, 0.29) is 0 Å². The number of halogens is 1. The highest BCUT2D eigenvalue weighted by Crippen LogP contribution is 2.33. The fourth-order valence-corrected chi connectivity index (χ4v) is 2.51. The van der Waals surface area contributed by atoms with Gasteiger partial charge in [-0.2, -0.15) is 0 Å². The van der Waals surface area contributed by atoms with Crippen LogP contribution in [-0.2, 0) is 6.54 Å². The molecule has 0 spiro atoms. The Labute approximate surface area is 115 Å². The molecule has 0 fully saturated rings. The molecule has 0 saturated carbocycles. The number of aromatic nitrogens is 2. The highest BCUT2D eigenvalue weighted by molar-refractivity contribution is 7.14. The molecular formula is C12H14ClN3OS. The lowest BCUT2D eigenvalue weighted by Gasteiger charge is -2.05. The van der Waals surface area contributed by atoms with Crippen LogP contribution in [0.5, 0.6) is 5.75 Å². The monoisotopic (exact) mass is 283 g/mol. The Hall–Kier alpha value is -1.17. The van der Waals surface area contributed by atoms with Crippen LogP contribution in [0, 0.1) is 0 Å². The minimum absolute atomic E-state index is 0.646. The van der Waals surface area contributed by atoms with Gasteiger partial charge < -0.3 is 10.1 Å². The van der Waals surface area contributed by atoms with Crippen LogP contribution in [0.2, 0.25) is 5.02 Å². The molecular weight excluding hydrogens is 270 g/mol. The summed E-state index contributed by atoms with van der Waals surface area (Å²) in [6.07, 6.45) is 0. The second-order valence-corrected chi connectivity index (χ2v) is 5.12. The molecule has 0 unspecified atom stereocenters. The van der Waals surface area contributed by atoms with Crippen molar-refractivity contribution in [3.05, 3.63) is 28.2 Å². The molecule has 0 aliphatic heterocycles. The van der Waals surface area contributed by atoms with Crippen LogP contribution in [0.3, 0.4) is 0 Å². The molecule has 96 valence electrons. The van der Waals surface area contributed by atoms with E-state index < -0.39 is 0 Å². The van der Waals surface area contributed by atoms with Gasteiger partial charge in [0.15, 0.2) is 5.01 Å². The third-order valence-electron chi connectivity index (χ3n) is 2.39. The second kappa shape index (κ2) is 6.13. The zero-order chi connectivity index (χ0) is 13.0. The Balaban J connectivity index is 2.28. The van der Waals surface area contributed by atoms with Gasteiger partial charge >= 0.3 is 0 Å². The van der Waals surface area contributed by atoms with Crippen molar-refractivity contribution in [1.82, 2.24) is 15.5 Å². The number of hydrogen-bond donors (Lipinski definition) is 1. The molecule has 18 heavy (non-hydrogen) atoms. The zero-order valence-electron chi connectivity index (χ0n) is 10.2. The third-order valence-corrected chi connectivity index (χ3v) is 3.58. The topological polar surface area (TPSA) is 47.0 Å². The Morgan fingerprint density at radius 1 is 1.39 bits per heavy atom. The number of rotatable bonds is 5. The lowest BCUT2D eigenvalue weighted by atomic mass is 10.2. The number of nitrogens with one attached hydrogen (secondary N) is 1. The van der Waals surface area contributed by atoms with Gasteiger partial charge in [-0.15, -0.1) is 10.2 Å². The summed E-state index contributed by atoms with van der Waals surface area (Å²) in [6.45, 7) is 3.72. The first-order valence-corrected chi connectivity index (χ1v) is 6.81. The Morgan fingerprint density at radius 3 is 2.94 bits per heavy atom. The van der Waals surface area contributed by atoms with E-state index in [1.165, 1.54) is 0 Å². The van der Waals surface area contributed by atoms with Crippen molar-refractivity contribution in [3.8, 4) is 16.3 Å². The SMILES string of the molecule is CCNCc1nnc(-c2ccc(Cl)cc2OC)s1. The maximum atomic E-state index is 5.93. The molecule has 4 nitrogen and oxygen atoms in total. The molecule has 0 bridgehead atoms. The molecule has 1 aromatic heterocycles. The molecule has 0 amide bonds. The van der Waals surface area contributed by atoms with Crippen molar-refractivity contribution < 1.29 is 4.74 Å². The molecule has 0 radical (unpaired) electrons. The minimum Gasteiger partial charge on any atom is -0.496 e. The number of methoxy groups -OCH3 is 1. The molecule has 0 saturated heterocycles. The fraction of sp³-hybridized carbons (Fsp3) is 0.333. The summed E-state index contributed by atoms with van der Waals surface area (Å²) in [7, 11) is 1.62. The van der Waals surface area contributed by atoms with Gasteiger partial charge in [-0.05, 0) is 24.7 Å². The number of benzene rings is 1. The van der Waals surface area contributed by atoms with Crippen molar-refractivity contribution in [2.24, 2.45) is 0 Å². The lowest BCUT2D eigenvalue weighted by molar-refractivity contribution is 0.416. The summed E-state index contributed by atoms with van der Waals surface area (Å²) in [6, 6.07) is 5.51. The van der Waals surface area contributed by atoms with Gasteiger partial charge in [0, 0.05) is 11.6 Å². The minimum atomic E-state index is 0.646. The summed E-state index contributed by atoms with van der Waals surface area (Å²) in [5, 5.41) is 14.0. The quantitative estimate of drug-likeness (QED) is 0.916. The molecule has 1 heterocycles. The van der Waals surface area contributed by atoms with E-state index in [4.69, 9.17) is 16.3 Å². The van der Waals surface area contributed by atoms with Gasteiger partial charge in [-0.1, -0.05) is 29.9 Å². The summed E-state index contributed by atoms with van der Waals surface area (Å²) in [5.41, 5.74) is 0.919. The molecule has 0 aliphatic carbocycles. The van der Waals surface area contributed by atoms with Crippen molar-refractivity contribution >= 4 is 22.9 Å². The van der Waals surface area contributed by atoms with Gasteiger partial charge in [0.2, 0.25) is 0 Å². The Morgan fingerprint density at radius 2 is 2.22 bits per heavy atom. The second-order valence-electron chi connectivity index (χ2n) is 3.63. The molecule has 1 N–H and O–H groups in total. The van der Waals surface area contributed by atoms with Crippen LogP contribution >= 0.6 is 22.9 Å². The van der Waals surface area contributed by atoms with Crippen LogP contribution in [0.15, 0.2) is 18.2 Å². The number of ether oxygens (including phenoxy) is 1. The van der Waals surface area contributed by atoms with Gasteiger partial charge in [-0.25, -0.2) is 0 Å². The van der Waals surface area contributed by atoms with Crippen LogP contribution in [0.4, 0.5) is 0 Å². The van der Waals surface area contributed by atoms with Crippen LogP contribution in [0.25, 0.3) is 10.6 Å². The summed E-state index contributed by atoms with van der Waals surface area (Å²) < 4.78 is 5.31. The van der Waals surface area contributed by atoms with Gasteiger partial charge in [-0.3, -0.25) is 0 Å². The van der Waals surface area contributed by atoms with E-state index in [1.54, 1.807) is 24.5 Å². The first-order chi connectivity index (χ1) is 8.74. The molecule has 2 rings (SSSR count). The van der Waals surface area contributed by atoms with Crippen molar-refractivity contribution in [3.63, 3.8) is 0 Å². The maximum Gasteiger partial charge on any atom is 0.151 e. The highest BCUT2D eigenvalue weighted by Gasteiger charge is 2.11. The lowest BCUT2D eigenvalue weighted by Crippen LogP contribution is -2.11. The van der Waals surface area contributed by atoms with Gasteiger partial charge in [0.05, 0.1) is 12.7 Å². The van der Waals surface area contributed by atoms with Gasteiger partial charge in [0.1, 0.15) is 10.8 Å². The third kappa shape index (κ3) is 2.98. The number of hydrogen-bond acceptors (Lipinski definition) is 5. The summed E-state index contributed by atoms with van der Waals surface area (Å²) >= 11 is 7.49. The summed E-state index contributed by atoms with van der Waals surface area (Å²) in [5.74, 6) is 0.716. The Bertz CT molecular complexity index is 530. The average molecular weight is 284 g/mol. The van der Waals surface area contributed by atoms with E-state index in [9.17, 15) is 0 Å². The average Bonchev–Trinajstić information content (AvgIpc) is 2.84. The zero-order valence-corrected chi connectivity index (χ0v) is 11.8. The molecule has 2 aromatic rings. The first kappa shape index (κ1) is 13.3. The predicted octanol–water partition coefficient (Wildman–Crippen LogP) is 2.98. The fourth-order valence-electron chi connectivity index (χ4n) is 1.51. The maximum absolute atomic E-state index is 5.93. The number of nitrogens with zero attached hydrogens (tertiary/aromatic N) is 2. The van der Waals surface area contributed by atoms with Crippen molar-refractivity contribution in [2.45, 2.75) is 13.5 Å². The van der Waals surface area contributed by atoms with Crippen LogP contribution in [0.1, 0.15) is 11.9 Å². The van der Waals surface area contributed by atoms with Crippen LogP contribution in [-0.4, -0.2) is 23.9 Å². The molecule has 0 aliphatic rings. The smallest absolute Gasteiger partial charge is 0.151 e. The van der Waals surface area contributed by atoms with Crippen molar-refractivity contribution in [1.29, 1.82) is 0 Å². The highest BCUT2D eigenvalue weighted by atomic mass is 35.5. The Kier molecular flexibility index (Phi) is 4.52. The van der Waals surface area contributed by atoms with Gasteiger partial charge in [0.25, 0.3) is 0 Å². The largest absolute Gasteiger partial charge is 0.496 e. The van der Waals surface area contributed by atoms with E-state index >= 15 is 0 Å². The molecule has 0 atom stereocenters. The first-order valence-electron chi connectivity index (χ1n) is 5.61. The standard InChI is InChI=1S/C12H14ClN3OS/c1-3-14-7-11-15-16-12(18-11)9-5-4-8(13)6-10(9)17-2/h4-6,14H,3,7H2,1-2H3. The summed E-state index contributed by atoms with van der Waals surface area (Å²) in [4.78, 5) is 0. The molecule has 6 heteroatoms. The van der Waals surface area contributed by atoms with Crippen molar-refractivity contribution in [2.75, 3.05) is 13.7 Å². The molecule has 1 aromatic carbocycles.